The van der Waals surface area contributed by atoms with Crippen LogP contribution in [0.15, 0.2) is 29.4 Å². The van der Waals surface area contributed by atoms with Crippen LogP contribution < -0.4 is 11.6 Å². The Bertz CT molecular complexity index is 1110. The van der Waals surface area contributed by atoms with Gasteiger partial charge in [-0.15, -0.1) is 21.5 Å². The number of carbonyl (C=O) groups is 2. The van der Waals surface area contributed by atoms with E-state index < -0.39 is 11.9 Å². The normalized spacial score (nSPS) is 10.8. The third-order valence-corrected chi connectivity index (χ3v) is 6.44. The van der Waals surface area contributed by atoms with E-state index in [0.717, 1.165) is 11.3 Å². The Kier molecular flexibility index (Phi) is 7.42. The summed E-state index contributed by atoms with van der Waals surface area (Å²) in [5.41, 5.74) is 7.22. The van der Waals surface area contributed by atoms with Crippen molar-refractivity contribution in [3.05, 3.63) is 45.3 Å². The summed E-state index contributed by atoms with van der Waals surface area (Å²) in [5.74, 6) is 5.57. The lowest BCUT2D eigenvalue weighted by Gasteiger charge is -2.08. The topological polar surface area (TPSA) is 135 Å². The minimum atomic E-state index is -0.603. The lowest BCUT2D eigenvalue weighted by atomic mass is 10.1. The van der Waals surface area contributed by atoms with Crippen LogP contribution >= 0.6 is 34.7 Å². The molecule has 3 aromatic rings. The molecule has 3 rings (SSSR count). The fourth-order valence-electron chi connectivity index (χ4n) is 2.75. The number of aromatic nitrogens is 3. The smallest absolute Gasteiger partial charge is 0.348 e. The van der Waals surface area contributed by atoms with Crippen molar-refractivity contribution in [3.8, 4) is 11.4 Å². The SMILES string of the molecule is CCOC(=O)c1sc(N)c(C(=O)OCC)c1CSc1nnc(-c2ccccc2Cl)n1N. The van der Waals surface area contributed by atoms with Crippen LogP contribution in [0.3, 0.4) is 0 Å². The van der Waals surface area contributed by atoms with E-state index in [1.807, 2.05) is 6.07 Å². The number of nitrogens with two attached hydrogens (primary N) is 2. The van der Waals surface area contributed by atoms with E-state index in [0.29, 0.717) is 27.1 Å². The summed E-state index contributed by atoms with van der Waals surface area (Å²) in [6.45, 7) is 3.75. The van der Waals surface area contributed by atoms with Crippen LogP contribution in [-0.4, -0.2) is 40.0 Å². The number of anilines is 1. The van der Waals surface area contributed by atoms with Gasteiger partial charge in [0.2, 0.25) is 5.16 Å². The molecule has 0 aliphatic heterocycles. The first kappa shape index (κ1) is 22.9. The summed E-state index contributed by atoms with van der Waals surface area (Å²) in [5, 5.41) is 9.26. The van der Waals surface area contributed by atoms with Gasteiger partial charge in [-0.05, 0) is 26.0 Å². The minimum absolute atomic E-state index is 0.150. The maximum Gasteiger partial charge on any atom is 0.348 e. The lowest BCUT2D eigenvalue weighted by Crippen LogP contribution is -2.13. The van der Waals surface area contributed by atoms with E-state index in [2.05, 4.69) is 10.2 Å². The van der Waals surface area contributed by atoms with Gasteiger partial charge >= 0.3 is 11.9 Å². The molecule has 0 saturated heterocycles. The zero-order valence-electron chi connectivity index (χ0n) is 16.8. The van der Waals surface area contributed by atoms with Crippen LogP contribution in [-0.2, 0) is 15.2 Å². The van der Waals surface area contributed by atoms with Gasteiger partial charge in [0, 0.05) is 16.9 Å². The Morgan fingerprint density at radius 1 is 1.16 bits per heavy atom. The fourth-order valence-corrected chi connectivity index (χ4v) is 4.92. The van der Waals surface area contributed by atoms with Crippen molar-refractivity contribution in [1.29, 1.82) is 0 Å². The van der Waals surface area contributed by atoms with Crippen LogP contribution in [0.25, 0.3) is 11.4 Å². The molecule has 0 spiro atoms. The number of nitrogens with zero attached hydrogens (tertiary/aromatic N) is 3. The summed E-state index contributed by atoms with van der Waals surface area (Å²) in [4.78, 5) is 25.1. The number of carbonyl (C=O) groups excluding carboxylic acids is 2. The molecule has 1 aromatic carbocycles. The van der Waals surface area contributed by atoms with Crippen LogP contribution in [0.1, 0.15) is 39.4 Å². The van der Waals surface area contributed by atoms with Crippen molar-refractivity contribution in [1.82, 2.24) is 14.9 Å². The Hall–Kier alpha value is -2.76. The van der Waals surface area contributed by atoms with Gasteiger partial charge in [0.05, 0.1) is 23.8 Å². The monoisotopic (exact) mass is 481 g/mol. The summed E-state index contributed by atoms with van der Waals surface area (Å²) in [6.07, 6.45) is 0. The molecule has 0 aliphatic carbocycles. The van der Waals surface area contributed by atoms with E-state index in [-0.39, 0.29) is 34.4 Å². The van der Waals surface area contributed by atoms with Crippen LogP contribution in [0.2, 0.25) is 5.02 Å². The standard InChI is InChI=1S/C19H20ClN5O4S2/c1-3-28-17(26)13-11(14(31-15(13)21)18(27)29-4-2)9-30-19-24-23-16(25(19)22)10-7-5-6-8-12(10)20/h5-8H,3-4,9,21-22H2,1-2H3. The number of esters is 2. The molecule has 0 fully saturated rings. The average molecular weight is 482 g/mol. The van der Waals surface area contributed by atoms with Gasteiger partial charge in [0.25, 0.3) is 0 Å². The minimum Gasteiger partial charge on any atom is -0.462 e. The van der Waals surface area contributed by atoms with Gasteiger partial charge < -0.3 is 21.1 Å². The van der Waals surface area contributed by atoms with E-state index >= 15 is 0 Å². The van der Waals surface area contributed by atoms with Crippen molar-refractivity contribution in [3.63, 3.8) is 0 Å². The highest BCUT2D eigenvalue weighted by Gasteiger charge is 2.28. The molecule has 0 radical (unpaired) electrons. The first-order chi connectivity index (χ1) is 14.9. The number of halogens is 1. The van der Waals surface area contributed by atoms with Crippen LogP contribution in [0.4, 0.5) is 5.00 Å². The number of nitrogen functional groups attached to an aromatic ring is 2. The predicted molar refractivity (Wildman–Crippen MR) is 121 cm³/mol. The summed E-state index contributed by atoms with van der Waals surface area (Å²) < 4.78 is 11.5. The van der Waals surface area contributed by atoms with Gasteiger partial charge in [-0.2, -0.15) is 0 Å². The van der Waals surface area contributed by atoms with E-state index in [9.17, 15) is 9.59 Å². The predicted octanol–water partition coefficient (Wildman–Crippen LogP) is 3.60. The second-order valence-corrected chi connectivity index (χ2v) is 8.44. The first-order valence-electron chi connectivity index (χ1n) is 9.22. The van der Waals surface area contributed by atoms with Crippen LogP contribution in [0, 0.1) is 0 Å². The molecular weight excluding hydrogens is 462 g/mol. The van der Waals surface area contributed by atoms with Crippen LogP contribution in [0.5, 0.6) is 0 Å². The van der Waals surface area contributed by atoms with Crippen molar-refractivity contribution in [2.24, 2.45) is 0 Å². The highest BCUT2D eigenvalue weighted by molar-refractivity contribution is 7.98. The quantitative estimate of drug-likeness (QED) is 0.281. The van der Waals surface area contributed by atoms with E-state index in [1.54, 1.807) is 32.0 Å². The van der Waals surface area contributed by atoms with E-state index in [1.165, 1.54) is 16.4 Å². The van der Waals surface area contributed by atoms with Gasteiger partial charge in [-0.1, -0.05) is 35.5 Å². The fraction of sp³-hybridized carbons (Fsp3) is 0.263. The molecule has 0 amide bonds. The Labute approximate surface area is 191 Å². The Morgan fingerprint density at radius 3 is 2.52 bits per heavy atom. The number of hydrogen-bond acceptors (Lipinski definition) is 10. The maximum absolute atomic E-state index is 12.5. The molecular formula is C19H20ClN5O4S2. The summed E-state index contributed by atoms with van der Waals surface area (Å²) in [7, 11) is 0. The largest absolute Gasteiger partial charge is 0.462 e. The summed E-state index contributed by atoms with van der Waals surface area (Å²) >= 11 is 8.40. The molecule has 0 unspecified atom stereocenters. The molecule has 4 N–H and O–H groups in total. The third kappa shape index (κ3) is 4.78. The molecule has 164 valence electrons. The van der Waals surface area contributed by atoms with Gasteiger partial charge in [-0.25, -0.2) is 14.3 Å². The van der Waals surface area contributed by atoms with Crippen molar-refractivity contribution in [2.75, 3.05) is 24.8 Å². The molecule has 0 saturated carbocycles. The second-order valence-electron chi connectivity index (χ2n) is 6.03. The molecule has 2 aromatic heterocycles. The molecule has 9 nitrogen and oxygen atoms in total. The average Bonchev–Trinajstić information content (AvgIpc) is 3.26. The third-order valence-electron chi connectivity index (χ3n) is 4.10. The number of thioether (sulfide) groups is 1. The van der Waals surface area contributed by atoms with E-state index in [4.69, 9.17) is 32.7 Å². The van der Waals surface area contributed by atoms with Crippen molar-refractivity contribution >= 4 is 51.6 Å². The molecule has 2 heterocycles. The molecule has 0 aliphatic rings. The van der Waals surface area contributed by atoms with Gasteiger partial charge in [0.15, 0.2) is 5.82 Å². The highest BCUT2D eigenvalue weighted by atomic mass is 35.5. The van der Waals surface area contributed by atoms with Gasteiger partial charge in [-0.3, -0.25) is 0 Å². The zero-order chi connectivity index (χ0) is 22.5. The molecule has 0 bridgehead atoms. The number of benzene rings is 1. The van der Waals surface area contributed by atoms with Gasteiger partial charge in [0.1, 0.15) is 9.88 Å². The molecule has 12 heteroatoms. The van der Waals surface area contributed by atoms with Crippen molar-refractivity contribution < 1.29 is 19.1 Å². The summed E-state index contributed by atoms with van der Waals surface area (Å²) in [6, 6.07) is 7.12. The number of ether oxygens (including phenoxy) is 2. The lowest BCUT2D eigenvalue weighted by molar-refractivity contribution is 0.0527. The maximum atomic E-state index is 12.5. The number of thiophene rings is 1. The Morgan fingerprint density at radius 2 is 1.84 bits per heavy atom. The number of rotatable bonds is 8. The Balaban J connectivity index is 1.93. The second kappa shape index (κ2) is 10.0. The zero-order valence-corrected chi connectivity index (χ0v) is 19.1. The number of hydrogen-bond donors (Lipinski definition) is 2. The highest BCUT2D eigenvalue weighted by Crippen LogP contribution is 2.37. The molecule has 0 atom stereocenters. The van der Waals surface area contributed by atoms with Crippen molar-refractivity contribution in [2.45, 2.75) is 24.8 Å². The molecule has 31 heavy (non-hydrogen) atoms. The first-order valence-corrected chi connectivity index (χ1v) is 11.4.